The van der Waals surface area contributed by atoms with Crippen LogP contribution in [-0.4, -0.2) is 61.4 Å². The summed E-state index contributed by atoms with van der Waals surface area (Å²) in [6.45, 7) is 6.56. The van der Waals surface area contributed by atoms with Crippen LogP contribution in [0.2, 0.25) is 5.02 Å². The molecule has 1 aromatic carbocycles. The van der Waals surface area contributed by atoms with Gasteiger partial charge in [0.05, 0.1) is 0 Å². The highest BCUT2D eigenvalue weighted by atomic mass is 35.5. The molecule has 6 heteroatoms. The molecule has 0 atom stereocenters. The molecule has 0 bridgehead atoms. The Kier molecular flexibility index (Phi) is 7.39. The van der Waals surface area contributed by atoms with Crippen molar-refractivity contribution < 1.29 is 4.74 Å². The highest BCUT2D eigenvalue weighted by Gasteiger charge is 2.18. The van der Waals surface area contributed by atoms with Gasteiger partial charge in [-0.3, -0.25) is 4.90 Å². The van der Waals surface area contributed by atoms with Crippen LogP contribution < -0.4 is 5.32 Å². The Morgan fingerprint density at radius 3 is 2.77 bits per heavy atom. The van der Waals surface area contributed by atoms with Gasteiger partial charge >= 0.3 is 0 Å². The molecule has 1 heterocycles. The minimum atomic E-state index is 0.767. The van der Waals surface area contributed by atoms with Crippen molar-refractivity contribution in [2.75, 3.05) is 46.4 Å². The molecule has 2 rings (SSSR count). The molecule has 0 unspecified atom stereocenters. The molecular formula is C16H24ClN3OS. The van der Waals surface area contributed by atoms with E-state index in [0.29, 0.717) is 0 Å². The summed E-state index contributed by atoms with van der Waals surface area (Å²) in [6.07, 6.45) is 0.978. The first-order valence-corrected chi connectivity index (χ1v) is 8.46. The van der Waals surface area contributed by atoms with Gasteiger partial charge in [0.2, 0.25) is 0 Å². The number of halogens is 1. The maximum Gasteiger partial charge on any atom is 0.169 e. The molecule has 1 saturated heterocycles. The maximum atomic E-state index is 6.04. The number of nitrogens with zero attached hydrogens (tertiary/aromatic N) is 2. The van der Waals surface area contributed by atoms with Crippen LogP contribution in [0.25, 0.3) is 0 Å². The van der Waals surface area contributed by atoms with Crippen LogP contribution in [0.5, 0.6) is 0 Å². The second-order valence-electron chi connectivity index (χ2n) is 5.47. The van der Waals surface area contributed by atoms with E-state index in [0.717, 1.165) is 62.4 Å². The van der Waals surface area contributed by atoms with Crippen molar-refractivity contribution >= 4 is 28.9 Å². The smallest absolute Gasteiger partial charge is 0.169 e. The zero-order chi connectivity index (χ0) is 15.8. The fourth-order valence-electron chi connectivity index (χ4n) is 2.53. The summed E-state index contributed by atoms with van der Waals surface area (Å²) in [5.74, 6) is 0. The van der Waals surface area contributed by atoms with E-state index in [1.54, 1.807) is 7.11 Å². The number of benzene rings is 1. The summed E-state index contributed by atoms with van der Waals surface area (Å²) in [7, 11) is 1.72. The van der Waals surface area contributed by atoms with Crippen molar-refractivity contribution in [1.29, 1.82) is 0 Å². The quantitative estimate of drug-likeness (QED) is 0.633. The lowest BCUT2D eigenvalue weighted by molar-refractivity contribution is 0.173. The Hall–Kier alpha value is -0.880. The molecule has 1 aromatic rings. The van der Waals surface area contributed by atoms with E-state index < -0.39 is 0 Å². The van der Waals surface area contributed by atoms with Crippen LogP contribution in [0, 0.1) is 0 Å². The first-order valence-electron chi connectivity index (χ1n) is 7.67. The first-order chi connectivity index (χ1) is 10.7. The SMILES string of the molecule is COCCCNC(=S)N1CCN(Cc2cccc(Cl)c2)CC1. The van der Waals surface area contributed by atoms with Crippen molar-refractivity contribution in [2.24, 2.45) is 0 Å². The molecule has 0 amide bonds. The summed E-state index contributed by atoms with van der Waals surface area (Å²) in [5, 5.41) is 4.96. The van der Waals surface area contributed by atoms with Gasteiger partial charge in [-0.05, 0) is 36.3 Å². The summed E-state index contributed by atoms with van der Waals surface area (Å²) in [4.78, 5) is 4.69. The van der Waals surface area contributed by atoms with Gasteiger partial charge < -0.3 is 15.0 Å². The van der Waals surface area contributed by atoms with E-state index in [-0.39, 0.29) is 0 Å². The van der Waals surface area contributed by atoms with Crippen molar-refractivity contribution in [3.8, 4) is 0 Å². The average molecular weight is 342 g/mol. The maximum absolute atomic E-state index is 6.04. The van der Waals surface area contributed by atoms with Gasteiger partial charge in [-0.2, -0.15) is 0 Å². The Morgan fingerprint density at radius 1 is 1.32 bits per heavy atom. The zero-order valence-corrected chi connectivity index (χ0v) is 14.6. The number of ether oxygens (including phenoxy) is 1. The molecule has 1 fully saturated rings. The van der Waals surface area contributed by atoms with E-state index in [9.17, 15) is 0 Å². The molecule has 1 aliphatic heterocycles. The number of methoxy groups -OCH3 is 1. The van der Waals surface area contributed by atoms with Gasteiger partial charge in [0.1, 0.15) is 0 Å². The van der Waals surface area contributed by atoms with Crippen LogP contribution >= 0.6 is 23.8 Å². The zero-order valence-electron chi connectivity index (χ0n) is 13.1. The van der Waals surface area contributed by atoms with Crippen molar-refractivity contribution in [1.82, 2.24) is 15.1 Å². The van der Waals surface area contributed by atoms with Crippen molar-refractivity contribution in [3.63, 3.8) is 0 Å². The van der Waals surface area contributed by atoms with E-state index in [1.165, 1.54) is 5.56 Å². The van der Waals surface area contributed by atoms with Gasteiger partial charge in [0.25, 0.3) is 0 Å². The van der Waals surface area contributed by atoms with E-state index in [2.05, 4.69) is 21.2 Å². The summed E-state index contributed by atoms with van der Waals surface area (Å²) < 4.78 is 5.04. The largest absolute Gasteiger partial charge is 0.385 e. The molecule has 0 aliphatic carbocycles. The summed E-state index contributed by atoms with van der Waals surface area (Å²) >= 11 is 11.5. The Bertz CT molecular complexity index is 478. The molecule has 122 valence electrons. The lowest BCUT2D eigenvalue weighted by atomic mass is 10.2. The second kappa shape index (κ2) is 9.30. The van der Waals surface area contributed by atoms with Crippen molar-refractivity contribution in [2.45, 2.75) is 13.0 Å². The van der Waals surface area contributed by atoms with Gasteiger partial charge in [0, 0.05) is 58.0 Å². The van der Waals surface area contributed by atoms with Gasteiger partial charge in [-0.15, -0.1) is 0 Å². The van der Waals surface area contributed by atoms with Crippen LogP contribution in [0.3, 0.4) is 0 Å². The molecule has 0 spiro atoms. The molecule has 4 nitrogen and oxygen atoms in total. The van der Waals surface area contributed by atoms with E-state index in [4.69, 9.17) is 28.6 Å². The highest BCUT2D eigenvalue weighted by Crippen LogP contribution is 2.14. The van der Waals surface area contributed by atoms with Crippen molar-refractivity contribution in [3.05, 3.63) is 34.9 Å². The van der Waals surface area contributed by atoms with Gasteiger partial charge in [0.15, 0.2) is 5.11 Å². The number of thiocarbonyl (C=S) groups is 1. The van der Waals surface area contributed by atoms with Gasteiger partial charge in [-0.25, -0.2) is 0 Å². The minimum absolute atomic E-state index is 0.767. The Balaban J connectivity index is 1.70. The standard InChI is InChI=1S/C16H24ClN3OS/c1-21-11-3-6-18-16(22)20-9-7-19(8-10-20)13-14-4-2-5-15(17)12-14/h2,4-5,12H,3,6-11,13H2,1H3,(H,18,22). The van der Waals surface area contributed by atoms with Crippen LogP contribution in [0.4, 0.5) is 0 Å². The molecule has 1 N–H and O–H groups in total. The van der Waals surface area contributed by atoms with Crippen LogP contribution in [0.1, 0.15) is 12.0 Å². The number of rotatable bonds is 6. The molecule has 22 heavy (non-hydrogen) atoms. The Morgan fingerprint density at radius 2 is 2.09 bits per heavy atom. The fraction of sp³-hybridized carbons (Fsp3) is 0.562. The lowest BCUT2D eigenvalue weighted by Crippen LogP contribution is -2.51. The van der Waals surface area contributed by atoms with Gasteiger partial charge in [-0.1, -0.05) is 23.7 Å². The highest BCUT2D eigenvalue weighted by molar-refractivity contribution is 7.80. The Labute approximate surface area is 143 Å². The summed E-state index contributed by atoms with van der Waals surface area (Å²) in [6, 6.07) is 8.08. The van der Waals surface area contributed by atoms with E-state index >= 15 is 0 Å². The predicted octanol–water partition coefficient (Wildman–Crippen LogP) is 2.37. The lowest BCUT2D eigenvalue weighted by Gasteiger charge is -2.36. The third-order valence-electron chi connectivity index (χ3n) is 3.76. The fourth-order valence-corrected chi connectivity index (χ4v) is 3.02. The van der Waals surface area contributed by atoms with Crippen LogP contribution in [-0.2, 0) is 11.3 Å². The molecule has 0 radical (unpaired) electrons. The minimum Gasteiger partial charge on any atom is -0.385 e. The number of hydrogen-bond donors (Lipinski definition) is 1. The third-order valence-corrected chi connectivity index (χ3v) is 4.39. The number of nitrogens with one attached hydrogen (secondary N) is 1. The molecule has 1 aliphatic rings. The van der Waals surface area contributed by atoms with E-state index in [1.807, 2.05) is 18.2 Å². The normalized spacial score (nSPS) is 15.8. The predicted molar refractivity (Wildman–Crippen MR) is 95.4 cm³/mol. The first kappa shape index (κ1) is 17.5. The monoisotopic (exact) mass is 341 g/mol. The third kappa shape index (κ3) is 5.72. The summed E-state index contributed by atoms with van der Waals surface area (Å²) in [5.41, 5.74) is 1.27. The molecule has 0 saturated carbocycles. The number of piperazine rings is 1. The number of hydrogen-bond acceptors (Lipinski definition) is 3. The second-order valence-corrected chi connectivity index (χ2v) is 6.29. The topological polar surface area (TPSA) is 27.7 Å². The van der Waals surface area contributed by atoms with Crippen LogP contribution in [0.15, 0.2) is 24.3 Å². The molecule has 0 aromatic heterocycles. The average Bonchev–Trinajstić information content (AvgIpc) is 2.52. The molecular weight excluding hydrogens is 318 g/mol.